The van der Waals surface area contributed by atoms with Gasteiger partial charge in [0.2, 0.25) is 5.91 Å². The van der Waals surface area contributed by atoms with Gasteiger partial charge in [0.15, 0.2) is 0 Å². The molecule has 2 aromatic heterocycles. The van der Waals surface area contributed by atoms with Gasteiger partial charge in [-0.3, -0.25) is 9.59 Å². The number of piperazine rings is 1. The molecular formula is C24H27N5O2S. The lowest BCUT2D eigenvalue weighted by molar-refractivity contribution is -0.137. The molecule has 0 saturated carbocycles. The molecule has 0 aliphatic carbocycles. The summed E-state index contributed by atoms with van der Waals surface area (Å²) < 4.78 is 0. The van der Waals surface area contributed by atoms with Crippen molar-refractivity contribution in [3.05, 3.63) is 53.2 Å². The third-order valence-electron chi connectivity index (χ3n) is 6.49. The predicted octanol–water partition coefficient (Wildman–Crippen LogP) is 3.20. The van der Waals surface area contributed by atoms with E-state index in [0.717, 1.165) is 47.5 Å². The summed E-state index contributed by atoms with van der Waals surface area (Å²) >= 11 is 1.62. The molecule has 0 N–H and O–H groups in total. The molecule has 2 amide bonds. The Morgan fingerprint density at radius 3 is 2.53 bits per heavy atom. The molecule has 166 valence electrons. The second-order valence-electron chi connectivity index (χ2n) is 8.61. The van der Waals surface area contributed by atoms with E-state index in [-0.39, 0.29) is 17.7 Å². The van der Waals surface area contributed by atoms with Crippen LogP contribution >= 0.6 is 11.3 Å². The Balaban J connectivity index is 1.21. The Bertz CT molecular complexity index is 1120. The van der Waals surface area contributed by atoms with Crippen LogP contribution in [-0.2, 0) is 4.79 Å². The Hall–Kier alpha value is -3.00. The summed E-state index contributed by atoms with van der Waals surface area (Å²) in [4.78, 5) is 42.1. The zero-order chi connectivity index (χ0) is 22.1. The van der Waals surface area contributed by atoms with Crippen molar-refractivity contribution in [2.75, 3.05) is 44.2 Å². The number of carbonyl (C=O) groups excluding carboxylic acids is 2. The minimum absolute atomic E-state index is 0.0239. The second-order valence-corrected chi connectivity index (χ2v) is 9.50. The molecule has 7 nitrogen and oxygen atoms in total. The van der Waals surface area contributed by atoms with Gasteiger partial charge in [0.1, 0.15) is 17.0 Å². The zero-order valence-corrected chi connectivity index (χ0v) is 19.1. The van der Waals surface area contributed by atoms with Gasteiger partial charge in [-0.1, -0.05) is 17.7 Å². The van der Waals surface area contributed by atoms with Gasteiger partial charge in [-0.05, 0) is 43.3 Å². The number of aryl methyl sites for hydroxylation is 1. The number of fused-ring (bicyclic) bond motifs is 1. The van der Waals surface area contributed by atoms with Crippen molar-refractivity contribution in [2.24, 2.45) is 5.92 Å². The normalized spacial score (nSPS) is 19.4. The van der Waals surface area contributed by atoms with Crippen LogP contribution in [0.3, 0.4) is 0 Å². The highest BCUT2D eigenvalue weighted by atomic mass is 32.1. The summed E-state index contributed by atoms with van der Waals surface area (Å²) in [5.74, 6) is 1.04. The molecule has 8 heteroatoms. The summed E-state index contributed by atoms with van der Waals surface area (Å²) in [5, 5.41) is 3.12. The van der Waals surface area contributed by atoms with E-state index < -0.39 is 0 Å². The molecule has 5 rings (SSSR count). The summed E-state index contributed by atoms with van der Waals surface area (Å²) in [7, 11) is 0. The smallest absolute Gasteiger partial charge is 0.253 e. The van der Waals surface area contributed by atoms with Crippen molar-refractivity contribution in [2.45, 2.75) is 19.8 Å². The number of benzene rings is 1. The molecule has 1 atom stereocenters. The lowest BCUT2D eigenvalue weighted by atomic mass is 9.95. The lowest BCUT2D eigenvalue weighted by Crippen LogP contribution is -2.53. The molecular weight excluding hydrogens is 422 g/mol. The quantitative estimate of drug-likeness (QED) is 0.614. The Kier molecular flexibility index (Phi) is 5.78. The first-order chi connectivity index (χ1) is 15.6. The monoisotopic (exact) mass is 449 g/mol. The van der Waals surface area contributed by atoms with E-state index in [1.807, 2.05) is 46.4 Å². The fraction of sp³-hybridized carbons (Fsp3) is 0.417. The minimum atomic E-state index is -0.118. The maximum atomic E-state index is 13.3. The highest BCUT2D eigenvalue weighted by Gasteiger charge is 2.33. The van der Waals surface area contributed by atoms with Gasteiger partial charge in [-0.2, -0.15) is 0 Å². The number of thiophene rings is 1. The van der Waals surface area contributed by atoms with E-state index in [1.165, 1.54) is 0 Å². The van der Waals surface area contributed by atoms with Crippen LogP contribution in [0.4, 0.5) is 5.82 Å². The summed E-state index contributed by atoms with van der Waals surface area (Å²) in [6, 6.07) is 9.73. The van der Waals surface area contributed by atoms with Crippen LogP contribution in [0.5, 0.6) is 0 Å². The molecule has 3 aromatic rings. The highest BCUT2D eigenvalue weighted by Crippen LogP contribution is 2.28. The van der Waals surface area contributed by atoms with Crippen LogP contribution in [-0.4, -0.2) is 70.9 Å². The topological polar surface area (TPSA) is 69.6 Å². The highest BCUT2D eigenvalue weighted by molar-refractivity contribution is 7.16. The fourth-order valence-corrected chi connectivity index (χ4v) is 5.40. The van der Waals surface area contributed by atoms with Crippen LogP contribution < -0.4 is 4.90 Å². The summed E-state index contributed by atoms with van der Waals surface area (Å²) in [5.41, 5.74) is 1.83. The van der Waals surface area contributed by atoms with E-state index in [0.29, 0.717) is 31.7 Å². The van der Waals surface area contributed by atoms with Crippen molar-refractivity contribution in [1.29, 1.82) is 0 Å². The van der Waals surface area contributed by atoms with Gasteiger partial charge < -0.3 is 14.7 Å². The number of rotatable bonds is 3. The maximum absolute atomic E-state index is 13.3. The Morgan fingerprint density at radius 2 is 1.75 bits per heavy atom. The molecule has 1 unspecified atom stereocenters. The molecule has 1 aromatic carbocycles. The number of carbonyl (C=O) groups is 2. The van der Waals surface area contributed by atoms with Crippen LogP contribution in [0.2, 0.25) is 0 Å². The van der Waals surface area contributed by atoms with E-state index in [4.69, 9.17) is 0 Å². The summed E-state index contributed by atoms with van der Waals surface area (Å²) in [6.45, 7) is 6.10. The second kappa shape index (κ2) is 8.86. The number of aromatic nitrogens is 2. The standard InChI is InChI=1S/C24H27N5O2S/c1-17-4-6-18(7-5-17)23(30)29-9-2-3-19(15-29)24(31)28-12-10-27(11-13-28)21-20-8-14-32-22(20)26-16-25-21/h4-8,14,16,19H,2-3,9-13,15H2,1H3. The summed E-state index contributed by atoms with van der Waals surface area (Å²) in [6.07, 6.45) is 3.33. The molecule has 32 heavy (non-hydrogen) atoms. The molecule has 0 bridgehead atoms. The first-order valence-corrected chi connectivity index (χ1v) is 12.1. The zero-order valence-electron chi connectivity index (χ0n) is 18.2. The van der Waals surface area contributed by atoms with Gasteiger partial charge in [0.05, 0.1) is 11.3 Å². The number of likely N-dealkylation sites (tertiary alicyclic amines) is 1. The van der Waals surface area contributed by atoms with E-state index in [1.54, 1.807) is 17.7 Å². The molecule has 2 aliphatic heterocycles. The molecule has 2 saturated heterocycles. The van der Waals surface area contributed by atoms with Gasteiger partial charge >= 0.3 is 0 Å². The van der Waals surface area contributed by atoms with Crippen molar-refractivity contribution in [1.82, 2.24) is 19.8 Å². The lowest BCUT2D eigenvalue weighted by Gasteiger charge is -2.39. The van der Waals surface area contributed by atoms with Crippen molar-refractivity contribution >= 4 is 39.2 Å². The number of hydrogen-bond donors (Lipinski definition) is 0. The van der Waals surface area contributed by atoms with Gasteiger partial charge in [0, 0.05) is 44.8 Å². The molecule has 2 fully saturated rings. The van der Waals surface area contributed by atoms with E-state index in [9.17, 15) is 9.59 Å². The van der Waals surface area contributed by atoms with Crippen LogP contribution in [0.15, 0.2) is 42.0 Å². The predicted molar refractivity (Wildman–Crippen MR) is 126 cm³/mol. The van der Waals surface area contributed by atoms with Crippen molar-refractivity contribution < 1.29 is 9.59 Å². The average Bonchev–Trinajstić information content (AvgIpc) is 3.33. The third kappa shape index (κ3) is 4.07. The largest absolute Gasteiger partial charge is 0.352 e. The molecule has 0 spiro atoms. The van der Waals surface area contributed by atoms with E-state index in [2.05, 4.69) is 20.9 Å². The SMILES string of the molecule is Cc1ccc(C(=O)N2CCCC(C(=O)N3CCN(c4ncnc5sccc45)CC3)C2)cc1. The number of hydrogen-bond acceptors (Lipinski definition) is 6. The average molecular weight is 450 g/mol. The van der Waals surface area contributed by atoms with Gasteiger partial charge in [-0.25, -0.2) is 9.97 Å². The van der Waals surface area contributed by atoms with Crippen molar-refractivity contribution in [3.8, 4) is 0 Å². The Labute approximate surface area is 191 Å². The van der Waals surface area contributed by atoms with Crippen molar-refractivity contribution in [3.63, 3.8) is 0 Å². The van der Waals surface area contributed by atoms with E-state index >= 15 is 0 Å². The molecule has 4 heterocycles. The van der Waals surface area contributed by atoms with Crippen LogP contribution in [0.1, 0.15) is 28.8 Å². The number of anilines is 1. The number of amides is 2. The third-order valence-corrected chi connectivity index (χ3v) is 7.31. The first-order valence-electron chi connectivity index (χ1n) is 11.2. The van der Waals surface area contributed by atoms with Crippen LogP contribution in [0, 0.1) is 12.8 Å². The molecule has 2 aliphatic rings. The first kappa shape index (κ1) is 20.9. The maximum Gasteiger partial charge on any atom is 0.253 e. The fourth-order valence-electron chi connectivity index (χ4n) is 4.67. The van der Waals surface area contributed by atoms with Gasteiger partial charge in [0.25, 0.3) is 5.91 Å². The number of piperidine rings is 1. The molecule has 0 radical (unpaired) electrons. The van der Waals surface area contributed by atoms with Gasteiger partial charge in [-0.15, -0.1) is 11.3 Å². The minimum Gasteiger partial charge on any atom is -0.352 e. The van der Waals surface area contributed by atoms with Crippen LogP contribution in [0.25, 0.3) is 10.2 Å². The number of nitrogens with zero attached hydrogens (tertiary/aromatic N) is 5. The Morgan fingerprint density at radius 1 is 0.969 bits per heavy atom.